The van der Waals surface area contributed by atoms with E-state index in [1.54, 1.807) is 43.5 Å². The van der Waals surface area contributed by atoms with Gasteiger partial charge in [-0.1, -0.05) is 0 Å². The molecule has 0 radical (unpaired) electrons. The molecule has 1 aromatic carbocycles. The van der Waals surface area contributed by atoms with E-state index in [1.165, 1.54) is 0 Å². The van der Waals surface area contributed by atoms with Crippen molar-refractivity contribution < 1.29 is 14.3 Å². The van der Waals surface area contributed by atoms with Crippen LogP contribution in [-0.4, -0.2) is 61.6 Å². The van der Waals surface area contributed by atoms with Gasteiger partial charge in [-0.05, 0) is 50.4 Å². The van der Waals surface area contributed by atoms with Crippen molar-refractivity contribution >= 4 is 23.4 Å². The fourth-order valence-corrected chi connectivity index (χ4v) is 2.88. The maximum atomic E-state index is 12.6. The van der Waals surface area contributed by atoms with Crippen molar-refractivity contribution in [1.82, 2.24) is 9.88 Å². The minimum absolute atomic E-state index is 0.211. The van der Waals surface area contributed by atoms with E-state index in [2.05, 4.69) is 27.1 Å². The molecule has 2 aromatic rings. The molecule has 0 unspecified atom stereocenters. The average molecular weight is 368 g/mol. The fraction of sp³-hybridized carbons (Fsp3) is 0.350. The molecule has 7 heteroatoms. The highest BCUT2D eigenvalue weighted by atomic mass is 16.5. The Morgan fingerprint density at radius 2 is 1.78 bits per heavy atom. The summed E-state index contributed by atoms with van der Waals surface area (Å²) in [4.78, 5) is 33.1. The Kier molecular flexibility index (Phi) is 6.03. The van der Waals surface area contributed by atoms with Crippen LogP contribution >= 0.6 is 0 Å². The first-order valence-electron chi connectivity index (χ1n) is 9.05. The van der Waals surface area contributed by atoms with Gasteiger partial charge in [0.05, 0.1) is 12.2 Å². The molecule has 0 bridgehead atoms. The molecule has 3 rings (SSSR count). The topological polar surface area (TPSA) is 74.8 Å². The average Bonchev–Trinajstić information content (AvgIpc) is 2.69. The van der Waals surface area contributed by atoms with E-state index >= 15 is 0 Å². The Morgan fingerprint density at radius 1 is 1.07 bits per heavy atom. The summed E-state index contributed by atoms with van der Waals surface area (Å²) in [5.41, 5.74) is 1.62. The van der Waals surface area contributed by atoms with Crippen molar-refractivity contribution in [1.29, 1.82) is 0 Å². The number of benzene rings is 1. The van der Waals surface area contributed by atoms with E-state index in [1.807, 2.05) is 6.07 Å². The largest absolute Gasteiger partial charge is 0.462 e. The zero-order chi connectivity index (χ0) is 19.2. The van der Waals surface area contributed by atoms with Gasteiger partial charge in [-0.15, -0.1) is 0 Å². The highest BCUT2D eigenvalue weighted by Crippen LogP contribution is 2.17. The zero-order valence-electron chi connectivity index (χ0n) is 15.6. The van der Waals surface area contributed by atoms with E-state index in [0.717, 1.165) is 32.0 Å². The van der Waals surface area contributed by atoms with Crippen LogP contribution in [0.1, 0.15) is 27.6 Å². The summed E-state index contributed by atoms with van der Waals surface area (Å²) in [7, 11) is 2.10. The van der Waals surface area contributed by atoms with Crippen LogP contribution in [0.5, 0.6) is 0 Å². The summed E-state index contributed by atoms with van der Waals surface area (Å²) in [6.45, 7) is 5.83. The Bertz CT molecular complexity index is 799. The molecule has 0 atom stereocenters. The standard InChI is InChI=1S/C20H24N4O3/c1-3-27-20(26)15-4-6-17(7-5-15)22-19(25)16-8-9-21-18(14-16)24-12-10-23(2)11-13-24/h4-9,14H,3,10-13H2,1-2H3,(H,22,25). The number of carbonyl (C=O) groups excluding carboxylic acids is 2. The van der Waals surface area contributed by atoms with Crippen molar-refractivity contribution in [2.45, 2.75) is 6.92 Å². The number of aromatic nitrogens is 1. The molecular formula is C20H24N4O3. The van der Waals surface area contributed by atoms with E-state index in [0.29, 0.717) is 23.4 Å². The van der Waals surface area contributed by atoms with Crippen molar-refractivity contribution in [3.8, 4) is 0 Å². The predicted octanol–water partition coefficient (Wildman–Crippen LogP) is 2.26. The van der Waals surface area contributed by atoms with Crippen LogP contribution in [0.3, 0.4) is 0 Å². The quantitative estimate of drug-likeness (QED) is 0.816. The molecule has 0 aliphatic carbocycles. The summed E-state index contributed by atoms with van der Waals surface area (Å²) in [6.07, 6.45) is 1.66. The second-order valence-electron chi connectivity index (χ2n) is 6.44. The van der Waals surface area contributed by atoms with Crippen LogP contribution in [0.2, 0.25) is 0 Å². The van der Waals surface area contributed by atoms with Crippen LogP contribution < -0.4 is 10.2 Å². The second-order valence-corrected chi connectivity index (χ2v) is 6.44. The van der Waals surface area contributed by atoms with E-state index in [-0.39, 0.29) is 11.9 Å². The van der Waals surface area contributed by atoms with E-state index in [9.17, 15) is 9.59 Å². The number of amides is 1. The van der Waals surface area contributed by atoms with Gasteiger partial charge < -0.3 is 19.9 Å². The highest BCUT2D eigenvalue weighted by molar-refractivity contribution is 6.04. The molecule has 1 amide bonds. The molecule has 2 heterocycles. The number of piperazine rings is 1. The molecule has 0 spiro atoms. The van der Waals surface area contributed by atoms with Gasteiger partial charge >= 0.3 is 5.97 Å². The van der Waals surface area contributed by atoms with Crippen LogP contribution in [0.15, 0.2) is 42.6 Å². The normalized spacial score (nSPS) is 14.7. The van der Waals surface area contributed by atoms with Gasteiger partial charge in [-0.25, -0.2) is 9.78 Å². The number of pyridine rings is 1. The van der Waals surface area contributed by atoms with Gasteiger partial charge in [0.2, 0.25) is 0 Å². The summed E-state index contributed by atoms with van der Waals surface area (Å²) in [5, 5.41) is 2.85. The van der Waals surface area contributed by atoms with Gasteiger partial charge in [0.1, 0.15) is 5.82 Å². The first kappa shape index (κ1) is 18.8. The lowest BCUT2D eigenvalue weighted by atomic mass is 10.2. The maximum absolute atomic E-state index is 12.6. The second kappa shape index (κ2) is 8.64. The van der Waals surface area contributed by atoms with E-state index in [4.69, 9.17) is 4.74 Å². The number of carbonyl (C=O) groups is 2. The molecule has 1 fully saturated rings. The lowest BCUT2D eigenvalue weighted by molar-refractivity contribution is 0.0526. The van der Waals surface area contributed by atoms with Gasteiger partial charge in [0.15, 0.2) is 0 Å². The molecule has 142 valence electrons. The first-order valence-corrected chi connectivity index (χ1v) is 9.05. The van der Waals surface area contributed by atoms with Crippen molar-refractivity contribution in [2.24, 2.45) is 0 Å². The minimum atomic E-state index is -0.374. The third kappa shape index (κ3) is 4.83. The number of nitrogens with one attached hydrogen (secondary N) is 1. The predicted molar refractivity (Wildman–Crippen MR) is 104 cm³/mol. The molecule has 1 saturated heterocycles. The number of likely N-dealkylation sites (N-methyl/N-ethyl adjacent to an activating group) is 1. The van der Waals surface area contributed by atoms with Crippen LogP contribution in [0.4, 0.5) is 11.5 Å². The number of nitrogens with zero attached hydrogens (tertiary/aromatic N) is 3. The van der Waals surface area contributed by atoms with Crippen LogP contribution in [0.25, 0.3) is 0 Å². The summed E-state index contributed by atoms with van der Waals surface area (Å²) >= 11 is 0. The monoisotopic (exact) mass is 368 g/mol. The Morgan fingerprint density at radius 3 is 2.44 bits per heavy atom. The van der Waals surface area contributed by atoms with Gasteiger partial charge in [-0.3, -0.25) is 4.79 Å². The number of hydrogen-bond donors (Lipinski definition) is 1. The maximum Gasteiger partial charge on any atom is 0.338 e. The first-order chi connectivity index (χ1) is 13.1. The number of ether oxygens (including phenoxy) is 1. The highest BCUT2D eigenvalue weighted by Gasteiger charge is 2.17. The lowest BCUT2D eigenvalue weighted by Gasteiger charge is -2.33. The summed E-state index contributed by atoms with van der Waals surface area (Å²) < 4.78 is 4.95. The Balaban J connectivity index is 1.66. The number of hydrogen-bond acceptors (Lipinski definition) is 6. The Labute approximate surface area is 158 Å². The summed E-state index contributed by atoms with van der Waals surface area (Å²) in [6, 6.07) is 10.2. The molecular weight excluding hydrogens is 344 g/mol. The lowest BCUT2D eigenvalue weighted by Crippen LogP contribution is -2.44. The van der Waals surface area contributed by atoms with Crippen molar-refractivity contribution in [3.05, 3.63) is 53.7 Å². The Hall–Kier alpha value is -2.93. The van der Waals surface area contributed by atoms with Gasteiger partial charge in [0, 0.05) is 43.6 Å². The molecule has 0 saturated carbocycles. The van der Waals surface area contributed by atoms with Gasteiger partial charge in [0.25, 0.3) is 5.91 Å². The minimum Gasteiger partial charge on any atom is -0.462 e. The molecule has 1 aliphatic heterocycles. The smallest absolute Gasteiger partial charge is 0.338 e. The summed E-state index contributed by atoms with van der Waals surface area (Å²) in [5.74, 6) is 0.228. The molecule has 1 N–H and O–H groups in total. The zero-order valence-corrected chi connectivity index (χ0v) is 15.6. The third-order valence-electron chi connectivity index (χ3n) is 4.49. The molecule has 7 nitrogen and oxygen atoms in total. The van der Waals surface area contributed by atoms with Crippen molar-refractivity contribution in [2.75, 3.05) is 50.1 Å². The molecule has 1 aromatic heterocycles. The SMILES string of the molecule is CCOC(=O)c1ccc(NC(=O)c2ccnc(N3CCN(C)CC3)c2)cc1. The van der Waals surface area contributed by atoms with Crippen LogP contribution in [-0.2, 0) is 4.74 Å². The number of anilines is 2. The van der Waals surface area contributed by atoms with E-state index < -0.39 is 0 Å². The van der Waals surface area contributed by atoms with Gasteiger partial charge in [-0.2, -0.15) is 0 Å². The third-order valence-corrected chi connectivity index (χ3v) is 4.49. The van der Waals surface area contributed by atoms with Crippen LogP contribution in [0, 0.1) is 0 Å². The molecule has 27 heavy (non-hydrogen) atoms. The number of rotatable bonds is 5. The van der Waals surface area contributed by atoms with Crippen molar-refractivity contribution in [3.63, 3.8) is 0 Å². The molecule has 1 aliphatic rings. The fourth-order valence-electron chi connectivity index (χ4n) is 2.88. The number of esters is 1.